The van der Waals surface area contributed by atoms with Crippen LogP contribution in [0, 0.1) is 0 Å². The van der Waals surface area contributed by atoms with Crippen LogP contribution in [0.3, 0.4) is 0 Å². The van der Waals surface area contributed by atoms with Gasteiger partial charge in [-0.25, -0.2) is 8.42 Å². The molecule has 1 N–H and O–H groups in total. The Labute approximate surface area is 228 Å². The van der Waals surface area contributed by atoms with E-state index in [2.05, 4.69) is 5.32 Å². The quantitative estimate of drug-likeness (QED) is 0.409. The highest BCUT2D eigenvalue weighted by Crippen LogP contribution is 2.32. The van der Waals surface area contributed by atoms with Crippen LogP contribution in [0.25, 0.3) is 0 Å². The van der Waals surface area contributed by atoms with Crippen molar-refractivity contribution in [2.75, 3.05) is 31.3 Å². The lowest BCUT2D eigenvalue weighted by Gasteiger charge is -2.32. The fourth-order valence-corrected chi connectivity index (χ4v) is 4.64. The maximum absolute atomic E-state index is 13.6. The van der Waals surface area contributed by atoms with Crippen molar-refractivity contribution in [2.45, 2.75) is 45.8 Å². The number of anilines is 1. The highest BCUT2D eigenvalue weighted by Gasteiger charge is 2.31. The second-order valence-corrected chi connectivity index (χ2v) is 11.3. The van der Waals surface area contributed by atoms with Crippen molar-refractivity contribution in [1.82, 2.24) is 10.2 Å². The fourth-order valence-electron chi connectivity index (χ4n) is 3.48. The van der Waals surface area contributed by atoms with Crippen molar-refractivity contribution >= 4 is 50.7 Å². The van der Waals surface area contributed by atoms with Crippen LogP contribution < -0.4 is 19.1 Å². The maximum atomic E-state index is 13.6. The van der Waals surface area contributed by atoms with Crippen molar-refractivity contribution in [2.24, 2.45) is 0 Å². The summed E-state index contributed by atoms with van der Waals surface area (Å²) in [6, 6.07) is 8.42. The van der Waals surface area contributed by atoms with Crippen molar-refractivity contribution in [1.29, 1.82) is 0 Å². The van der Waals surface area contributed by atoms with Gasteiger partial charge >= 0.3 is 0 Å². The lowest BCUT2D eigenvalue weighted by atomic mass is 10.1. The zero-order valence-electron chi connectivity index (χ0n) is 21.7. The van der Waals surface area contributed by atoms with E-state index in [-0.39, 0.29) is 24.2 Å². The van der Waals surface area contributed by atoms with Gasteiger partial charge in [0, 0.05) is 18.7 Å². The van der Waals surface area contributed by atoms with Crippen LogP contribution in [0.5, 0.6) is 11.5 Å². The van der Waals surface area contributed by atoms with E-state index in [0.29, 0.717) is 33.5 Å². The Hall–Kier alpha value is -2.69. The Kier molecular flexibility index (Phi) is 10.9. The van der Waals surface area contributed by atoms with Crippen molar-refractivity contribution in [3.63, 3.8) is 0 Å². The monoisotopic (exact) mass is 573 g/mol. The molecule has 2 rings (SSSR count). The number of hydrogen-bond donors (Lipinski definition) is 1. The average molecular weight is 575 g/mol. The number of hydrogen-bond acceptors (Lipinski definition) is 6. The van der Waals surface area contributed by atoms with E-state index >= 15 is 0 Å². The summed E-state index contributed by atoms with van der Waals surface area (Å²) in [4.78, 5) is 27.9. The number of methoxy groups -OCH3 is 2. The molecule has 0 bridgehead atoms. The number of halogens is 2. The SMILES string of the molecule is CC[C@H](C)NC(=O)[C@@H](C)N(Cc1ccc(Cl)c(Cl)c1)C(=O)CN(c1ccc(OC)c(OC)c1)S(C)(=O)=O. The molecule has 2 aromatic carbocycles. The summed E-state index contributed by atoms with van der Waals surface area (Å²) in [6.45, 7) is 4.85. The molecule has 0 aliphatic rings. The molecule has 2 atom stereocenters. The summed E-state index contributed by atoms with van der Waals surface area (Å²) in [5.74, 6) is -0.240. The van der Waals surface area contributed by atoms with Gasteiger partial charge in [0.05, 0.1) is 36.2 Å². The number of amides is 2. The molecular weight excluding hydrogens is 541 g/mol. The molecule has 0 spiro atoms. The van der Waals surface area contributed by atoms with E-state index in [9.17, 15) is 18.0 Å². The van der Waals surface area contributed by atoms with Crippen LogP contribution in [-0.2, 0) is 26.2 Å². The molecule has 0 fully saturated rings. The number of sulfonamides is 1. The van der Waals surface area contributed by atoms with Crippen LogP contribution in [0.4, 0.5) is 5.69 Å². The van der Waals surface area contributed by atoms with Crippen LogP contribution >= 0.6 is 23.2 Å². The molecule has 0 saturated heterocycles. The first-order valence-corrected chi connectivity index (χ1v) is 14.2. The zero-order chi connectivity index (χ0) is 27.9. The van der Waals surface area contributed by atoms with Crippen LogP contribution in [-0.4, -0.2) is 64.2 Å². The summed E-state index contributed by atoms with van der Waals surface area (Å²) >= 11 is 12.2. The molecule has 12 heteroatoms. The van der Waals surface area contributed by atoms with Gasteiger partial charge in [-0.3, -0.25) is 13.9 Å². The predicted octanol–water partition coefficient (Wildman–Crippen LogP) is 4.11. The van der Waals surface area contributed by atoms with Gasteiger partial charge < -0.3 is 19.7 Å². The van der Waals surface area contributed by atoms with Gasteiger partial charge in [0.2, 0.25) is 21.8 Å². The lowest BCUT2D eigenvalue weighted by molar-refractivity contribution is -0.139. The van der Waals surface area contributed by atoms with Crippen LogP contribution in [0.1, 0.15) is 32.8 Å². The second kappa shape index (κ2) is 13.2. The maximum Gasteiger partial charge on any atom is 0.244 e. The Morgan fingerprint density at radius 3 is 2.19 bits per heavy atom. The van der Waals surface area contributed by atoms with Gasteiger partial charge in [0.1, 0.15) is 12.6 Å². The number of ether oxygens (including phenoxy) is 2. The minimum atomic E-state index is -3.89. The molecule has 37 heavy (non-hydrogen) atoms. The largest absolute Gasteiger partial charge is 0.493 e. The molecule has 0 radical (unpaired) electrons. The minimum Gasteiger partial charge on any atom is -0.493 e. The highest BCUT2D eigenvalue weighted by atomic mass is 35.5. The third kappa shape index (κ3) is 8.15. The van der Waals surface area contributed by atoms with E-state index in [1.807, 2.05) is 13.8 Å². The Balaban J connectivity index is 2.46. The van der Waals surface area contributed by atoms with Crippen molar-refractivity contribution < 1.29 is 27.5 Å². The van der Waals surface area contributed by atoms with Crippen molar-refractivity contribution in [3.8, 4) is 11.5 Å². The molecule has 2 aromatic rings. The van der Waals surface area contributed by atoms with Gasteiger partial charge in [-0.1, -0.05) is 36.2 Å². The Morgan fingerprint density at radius 2 is 1.65 bits per heavy atom. The number of benzene rings is 2. The first-order chi connectivity index (χ1) is 17.3. The molecule has 0 heterocycles. The fraction of sp³-hybridized carbons (Fsp3) is 0.440. The van der Waals surface area contributed by atoms with E-state index in [4.69, 9.17) is 32.7 Å². The van der Waals surface area contributed by atoms with Gasteiger partial charge in [-0.15, -0.1) is 0 Å². The minimum absolute atomic E-state index is 0.00828. The predicted molar refractivity (Wildman–Crippen MR) is 146 cm³/mol. The molecule has 0 aliphatic carbocycles. The average Bonchev–Trinajstić information content (AvgIpc) is 2.85. The molecule has 0 aliphatic heterocycles. The summed E-state index contributed by atoms with van der Waals surface area (Å²) in [5, 5.41) is 3.52. The molecule has 0 saturated carbocycles. The summed E-state index contributed by atoms with van der Waals surface area (Å²) in [5.41, 5.74) is 0.836. The van der Waals surface area contributed by atoms with E-state index in [1.54, 1.807) is 31.2 Å². The first kappa shape index (κ1) is 30.5. The van der Waals surface area contributed by atoms with Crippen molar-refractivity contribution in [3.05, 3.63) is 52.0 Å². The lowest BCUT2D eigenvalue weighted by Crippen LogP contribution is -2.52. The third-order valence-electron chi connectivity index (χ3n) is 5.84. The standard InChI is InChI=1S/C25H33Cl2N3O6S/c1-7-16(2)28-25(32)17(3)29(14-18-8-10-20(26)21(27)12-18)24(31)15-30(37(6,33)34)19-9-11-22(35-4)23(13-19)36-5/h8-13,16-17H,7,14-15H2,1-6H3,(H,28,32)/t16-,17+/m0/s1. The normalized spacial score (nSPS) is 12.9. The van der Waals surface area contributed by atoms with E-state index in [0.717, 1.165) is 10.6 Å². The molecule has 204 valence electrons. The van der Waals surface area contributed by atoms with Crippen LogP contribution in [0.2, 0.25) is 10.0 Å². The number of rotatable bonds is 12. The number of nitrogens with one attached hydrogen (secondary N) is 1. The van der Waals surface area contributed by atoms with E-state index < -0.39 is 28.5 Å². The summed E-state index contributed by atoms with van der Waals surface area (Å²) < 4.78 is 37.0. The molecule has 0 unspecified atom stereocenters. The first-order valence-electron chi connectivity index (χ1n) is 11.6. The Morgan fingerprint density at radius 1 is 1.00 bits per heavy atom. The van der Waals surface area contributed by atoms with Gasteiger partial charge in [-0.2, -0.15) is 0 Å². The van der Waals surface area contributed by atoms with Gasteiger partial charge in [-0.05, 0) is 50.1 Å². The number of carbonyl (C=O) groups is 2. The third-order valence-corrected chi connectivity index (χ3v) is 7.72. The van der Waals surface area contributed by atoms with Gasteiger partial charge in [0.25, 0.3) is 0 Å². The Bertz CT molecular complexity index is 1220. The number of nitrogens with zero attached hydrogens (tertiary/aromatic N) is 2. The molecule has 9 nitrogen and oxygen atoms in total. The summed E-state index contributed by atoms with van der Waals surface area (Å²) in [6.07, 6.45) is 1.71. The molecular formula is C25H33Cl2N3O6S. The smallest absolute Gasteiger partial charge is 0.244 e. The summed E-state index contributed by atoms with van der Waals surface area (Å²) in [7, 11) is -1.01. The van der Waals surface area contributed by atoms with E-state index in [1.165, 1.54) is 31.3 Å². The highest BCUT2D eigenvalue weighted by molar-refractivity contribution is 7.92. The zero-order valence-corrected chi connectivity index (χ0v) is 24.1. The van der Waals surface area contributed by atoms with Gasteiger partial charge in [0.15, 0.2) is 11.5 Å². The molecule has 2 amide bonds. The molecule has 0 aromatic heterocycles. The topological polar surface area (TPSA) is 105 Å². The number of carbonyl (C=O) groups excluding carboxylic acids is 2. The second-order valence-electron chi connectivity index (χ2n) is 8.57. The van der Waals surface area contributed by atoms with Crippen LogP contribution in [0.15, 0.2) is 36.4 Å².